The Labute approximate surface area is 177 Å². The highest BCUT2D eigenvalue weighted by molar-refractivity contribution is 9.10. The Morgan fingerprint density at radius 3 is 2.31 bits per heavy atom. The average molecular weight is 448 g/mol. The molecule has 0 radical (unpaired) electrons. The molecule has 1 aliphatic carbocycles. The Bertz CT molecular complexity index is 1180. The first kappa shape index (κ1) is 18.0. The van der Waals surface area contributed by atoms with Crippen LogP contribution in [0.15, 0.2) is 71.2 Å². The van der Waals surface area contributed by atoms with E-state index >= 15 is 0 Å². The molecule has 0 aromatic heterocycles. The van der Waals surface area contributed by atoms with Crippen molar-refractivity contribution >= 4 is 33.1 Å². The number of methoxy groups -OCH3 is 2. The third-order valence-corrected chi connectivity index (χ3v) is 6.21. The summed E-state index contributed by atoms with van der Waals surface area (Å²) < 4.78 is 11.7. The average Bonchev–Trinajstić information content (AvgIpc) is 3.24. The van der Waals surface area contributed by atoms with Crippen molar-refractivity contribution < 1.29 is 14.3 Å². The lowest BCUT2D eigenvalue weighted by Crippen LogP contribution is -2.32. The van der Waals surface area contributed by atoms with Crippen LogP contribution in [0, 0.1) is 0 Å². The van der Waals surface area contributed by atoms with E-state index in [9.17, 15) is 4.79 Å². The van der Waals surface area contributed by atoms with Crippen LogP contribution >= 0.6 is 15.9 Å². The molecule has 1 unspecified atom stereocenters. The molecular weight excluding hydrogens is 430 g/mol. The molecule has 5 heteroatoms. The molecule has 1 N–H and O–H groups in total. The maximum atomic E-state index is 13.4. The Morgan fingerprint density at radius 1 is 0.862 bits per heavy atom. The van der Waals surface area contributed by atoms with Crippen LogP contribution in [0.5, 0.6) is 11.5 Å². The molecule has 1 spiro atoms. The first-order valence-corrected chi connectivity index (χ1v) is 10.0. The van der Waals surface area contributed by atoms with E-state index in [1.807, 2.05) is 60.7 Å². The van der Waals surface area contributed by atoms with Gasteiger partial charge in [-0.05, 0) is 64.7 Å². The second kappa shape index (κ2) is 6.49. The van der Waals surface area contributed by atoms with Crippen molar-refractivity contribution in [3.63, 3.8) is 0 Å². The number of anilines is 1. The van der Waals surface area contributed by atoms with Crippen LogP contribution in [0.1, 0.15) is 22.3 Å². The smallest absolute Gasteiger partial charge is 0.243 e. The number of hydrogen-bond acceptors (Lipinski definition) is 3. The monoisotopic (exact) mass is 447 g/mol. The zero-order valence-electron chi connectivity index (χ0n) is 16.0. The van der Waals surface area contributed by atoms with Crippen molar-refractivity contribution in [2.24, 2.45) is 0 Å². The molecule has 4 nitrogen and oxygen atoms in total. The zero-order valence-corrected chi connectivity index (χ0v) is 17.5. The summed E-state index contributed by atoms with van der Waals surface area (Å²) in [6, 6.07) is 19.7. The number of halogens is 1. The molecule has 0 bridgehead atoms. The molecule has 0 saturated carbocycles. The predicted octanol–water partition coefficient (Wildman–Crippen LogP) is 5.15. The number of carbonyl (C=O) groups excluding carboxylic acids is 1. The van der Waals surface area contributed by atoms with Crippen molar-refractivity contribution in [2.45, 2.75) is 5.41 Å². The van der Waals surface area contributed by atoms with E-state index in [1.165, 1.54) is 0 Å². The van der Waals surface area contributed by atoms with Gasteiger partial charge in [0.25, 0.3) is 0 Å². The maximum Gasteiger partial charge on any atom is 0.243 e. The highest BCUT2D eigenvalue weighted by atomic mass is 79.9. The number of rotatable bonds is 3. The Balaban J connectivity index is 1.79. The number of hydrogen-bond donors (Lipinski definition) is 1. The Morgan fingerprint density at radius 2 is 1.59 bits per heavy atom. The quantitative estimate of drug-likeness (QED) is 0.603. The molecule has 5 rings (SSSR count). The summed E-state index contributed by atoms with van der Waals surface area (Å²) in [5.74, 6) is 1.47. The highest BCUT2D eigenvalue weighted by Gasteiger charge is 2.51. The lowest BCUT2D eigenvalue weighted by Gasteiger charge is -2.22. The van der Waals surface area contributed by atoms with Gasteiger partial charge in [0.05, 0.1) is 14.2 Å². The molecule has 2 aliphatic rings. The first-order valence-electron chi connectivity index (χ1n) is 9.24. The molecule has 1 heterocycles. The normalized spacial score (nSPS) is 18.9. The van der Waals surface area contributed by atoms with Crippen LogP contribution in [0.4, 0.5) is 5.69 Å². The molecule has 29 heavy (non-hydrogen) atoms. The molecule has 0 fully saturated rings. The van der Waals surface area contributed by atoms with Crippen LogP contribution in [0.2, 0.25) is 0 Å². The first-order chi connectivity index (χ1) is 14.1. The molecule has 3 aromatic rings. The minimum Gasteiger partial charge on any atom is -0.497 e. The molecule has 3 aromatic carbocycles. The minimum atomic E-state index is -0.891. The van der Waals surface area contributed by atoms with Gasteiger partial charge in [-0.1, -0.05) is 40.2 Å². The largest absolute Gasteiger partial charge is 0.497 e. The number of ether oxygens (including phenoxy) is 2. The fourth-order valence-electron chi connectivity index (χ4n) is 4.30. The predicted molar refractivity (Wildman–Crippen MR) is 117 cm³/mol. The van der Waals surface area contributed by atoms with Crippen molar-refractivity contribution in [2.75, 3.05) is 19.5 Å². The summed E-state index contributed by atoms with van der Waals surface area (Å²) in [4.78, 5) is 13.4. The number of nitrogens with one attached hydrogen (secondary N) is 1. The Kier molecular flexibility index (Phi) is 4.03. The zero-order chi connectivity index (χ0) is 20.2. The second-order valence-electron chi connectivity index (χ2n) is 7.15. The summed E-state index contributed by atoms with van der Waals surface area (Å²) in [6.45, 7) is 0. The lowest BCUT2D eigenvalue weighted by molar-refractivity contribution is -0.118. The summed E-state index contributed by atoms with van der Waals surface area (Å²) in [5, 5.41) is 3.06. The number of fused-ring (bicyclic) bond motifs is 4. The minimum absolute atomic E-state index is 0.0522. The highest BCUT2D eigenvalue weighted by Crippen LogP contribution is 2.53. The van der Waals surface area contributed by atoms with Crippen molar-refractivity contribution in [3.8, 4) is 11.5 Å². The fourth-order valence-corrected chi connectivity index (χ4v) is 4.66. The molecule has 1 amide bonds. The Hall–Kier alpha value is -3.05. The second-order valence-corrected chi connectivity index (χ2v) is 8.07. The van der Waals surface area contributed by atoms with Crippen LogP contribution in [0.3, 0.4) is 0 Å². The van der Waals surface area contributed by atoms with Gasteiger partial charge in [0.2, 0.25) is 5.91 Å². The van der Waals surface area contributed by atoms with Gasteiger partial charge in [-0.15, -0.1) is 0 Å². The number of benzene rings is 3. The number of amides is 1. The standard InChI is InChI=1S/C24H18BrNO3/c1-28-16-6-3-14(4-7-16)19-13-24(20-12-17(29-2)8-9-18(19)20)21-11-15(25)5-10-22(21)26-23(24)27/h3-13H,1-2H3,(H,26,27). The lowest BCUT2D eigenvalue weighted by atomic mass is 9.77. The van der Waals surface area contributed by atoms with Crippen LogP contribution in [0.25, 0.3) is 5.57 Å². The van der Waals surface area contributed by atoms with E-state index in [4.69, 9.17) is 9.47 Å². The summed E-state index contributed by atoms with van der Waals surface area (Å²) in [6.07, 6.45) is 2.08. The third-order valence-electron chi connectivity index (χ3n) is 5.72. The van der Waals surface area contributed by atoms with Crippen LogP contribution in [-0.4, -0.2) is 20.1 Å². The maximum absolute atomic E-state index is 13.4. The van der Waals surface area contributed by atoms with Gasteiger partial charge in [-0.2, -0.15) is 0 Å². The third kappa shape index (κ3) is 2.54. The van der Waals surface area contributed by atoms with Crippen LogP contribution < -0.4 is 14.8 Å². The van der Waals surface area contributed by atoms with Gasteiger partial charge in [-0.25, -0.2) is 0 Å². The summed E-state index contributed by atoms with van der Waals surface area (Å²) in [7, 11) is 3.29. The van der Waals surface area contributed by atoms with Gasteiger partial charge in [-0.3, -0.25) is 4.79 Å². The molecule has 144 valence electrons. The summed E-state index contributed by atoms with van der Waals surface area (Å²) in [5.41, 5.74) is 4.89. The van der Waals surface area contributed by atoms with Crippen LogP contribution in [-0.2, 0) is 10.2 Å². The van der Waals surface area contributed by atoms with E-state index in [0.29, 0.717) is 0 Å². The fraction of sp³-hybridized carbons (Fsp3) is 0.125. The van der Waals surface area contributed by atoms with Gasteiger partial charge < -0.3 is 14.8 Å². The van der Waals surface area contributed by atoms with E-state index < -0.39 is 5.41 Å². The van der Waals surface area contributed by atoms with Gasteiger partial charge in [0.15, 0.2) is 0 Å². The van der Waals surface area contributed by atoms with E-state index in [-0.39, 0.29) is 5.91 Å². The molecular formula is C24H18BrNO3. The molecule has 1 atom stereocenters. The van der Waals surface area contributed by atoms with Gasteiger partial charge >= 0.3 is 0 Å². The number of carbonyl (C=O) groups is 1. The SMILES string of the molecule is COc1ccc(C2=CC3(C(=O)Nc4ccc(Br)cc43)c3cc(OC)ccc32)cc1. The van der Waals surface area contributed by atoms with E-state index in [2.05, 4.69) is 27.3 Å². The van der Waals surface area contributed by atoms with Gasteiger partial charge in [0, 0.05) is 15.7 Å². The summed E-state index contributed by atoms with van der Waals surface area (Å²) >= 11 is 3.56. The van der Waals surface area contributed by atoms with Crippen molar-refractivity contribution in [3.05, 3.63) is 93.5 Å². The van der Waals surface area contributed by atoms with E-state index in [0.717, 1.165) is 49.5 Å². The topological polar surface area (TPSA) is 47.6 Å². The van der Waals surface area contributed by atoms with Crippen molar-refractivity contribution in [1.29, 1.82) is 0 Å². The van der Waals surface area contributed by atoms with E-state index in [1.54, 1.807) is 14.2 Å². The molecule has 1 aliphatic heterocycles. The molecule has 0 saturated heterocycles. The van der Waals surface area contributed by atoms with Crippen molar-refractivity contribution in [1.82, 2.24) is 0 Å². The van der Waals surface area contributed by atoms with Gasteiger partial charge in [0.1, 0.15) is 16.9 Å².